The van der Waals surface area contributed by atoms with Crippen molar-refractivity contribution in [3.63, 3.8) is 0 Å². The third-order valence-electron chi connectivity index (χ3n) is 2.88. The Morgan fingerprint density at radius 2 is 1.96 bits per heavy atom. The highest BCUT2D eigenvalue weighted by atomic mass is 16.6. The molecule has 0 spiro atoms. The van der Waals surface area contributed by atoms with Crippen LogP contribution >= 0.6 is 0 Å². The van der Waals surface area contributed by atoms with Gasteiger partial charge in [0.05, 0.1) is 26.1 Å². The van der Waals surface area contributed by atoms with Gasteiger partial charge in [-0.25, -0.2) is 14.1 Å². The Kier molecular flexibility index (Phi) is 4.44. The molecule has 0 radical (unpaired) electrons. The molecule has 0 aliphatic carbocycles. The smallest absolute Gasteiger partial charge is 0.412 e. The topological polar surface area (TPSA) is 91.2 Å². The van der Waals surface area contributed by atoms with Crippen LogP contribution in [-0.2, 0) is 9.47 Å². The molecule has 0 bridgehead atoms. The lowest BCUT2D eigenvalue weighted by molar-refractivity contribution is 0.0600. The summed E-state index contributed by atoms with van der Waals surface area (Å²) in [6, 6.07) is 1.60. The van der Waals surface area contributed by atoms with E-state index in [9.17, 15) is 9.59 Å². The van der Waals surface area contributed by atoms with Gasteiger partial charge in [0.15, 0.2) is 5.75 Å². The number of pyridine rings is 1. The second kappa shape index (κ2) is 6.15. The highest BCUT2D eigenvalue weighted by Crippen LogP contribution is 2.32. The summed E-state index contributed by atoms with van der Waals surface area (Å²) in [5.41, 5.74) is 0.361. The lowest BCUT2D eigenvalue weighted by atomic mass is 10.2. The fraction of sp³-hybridized carbons (Fsp3) is 0.400. The molecule has 0 fully saturated rings. The maximum Gasteiger partial charge on any atom is 0.412 e. The summed E-state index contributed by atoms with van der Waals surface area (Å²) >= 11 is 0. The predicted octanol–water partition coefficient (Wildman–Crippen LogP) is 2.48. The van der Waals surface area contributed by atoms with Crippen molar-refractivity contribution >= 4 is 23.3 Å². The van der Waals surface area contributed by atoms with E-state index in [1.54, 1.807) is 33.0 Å². The molecule has 1 N–H and O–H groups in total. The Hall–Kier alpha value is -2.77. The highest BCUT2D eigenvalue weighted by molar-refractivity contribution is 6.01. The molecule has 8 heteroatoms. The quantitative estimate of drug-likeness (QED) is 0.873. The van der Waals surface area contributed by atoms with Crippen LogP contribution in [-0.4, -0.2) is 41.5 Å². The number of nitrogens with one attached hydrogen (secondary N) is 1. The molecule has 2 aromatic heterocycles. The summed E-state index contributed by atoms with van der Waals surface area (Å²) < 4.78 is 16.8. The van der Waals surface area contributed by atoms with Crippen molar-refractivity contribution in [3.8, 4) is 5.75 Å². The van der Waals surface area contributed by atoms with Crippen molar-refractivity contribution in [2.24, 2.45) is 0 Å². The number of amides is 1. The molecular formula is C15H19N3O5. The van der Waals surface area contributed by atoms with Crippen LogP contribution in [0.3, 0.4) is 0 Å². The van der Waals surface area contributed by atoms with Crippen molar-refractivity contribution in [2.75, 3.05) is 19.5 Å². The van der Waals surface area contributed by atoms with Crippen molar-refractivity contribution in [1.82, 2.24) is 9.61 Å². The molecule has 8 nitrogen and oxygen atoms in total. The number of fused-ring (bicyclic) bond motifs is 1. The minimum Gasteiger partial charge on any atom is -0.492 e. The monoisotopic (exact) mass is 321 g/mol. The number of methoxy groups -OCH3 is 2. The van der Waals surface area contributed by atoms with E-state index in [4.69, 9.17) is 14.2 Å². The first-order valence-electron chi connectivity index (χ1n) is 6.89. The van der Waals surface area contributed by atoms with E-state index in [-0.39, 0.29) is 11.3 Å². The minimum atomic E-state index is -0.630. The first-order chi connectivity index (χ1) is 10.8. The zero-order chi connectivity index (χ0) is 17.2. The molecule has 0 atom stereocenters. The van der Waals surface area contributed by atoms with Gasteiger partial charge in [0.1, 0.15) is 16.7 Å². The summed E-state index contributed by atoms with van der Waals surface area (Å²) in [6.07, 6.45) is 2.34. The van der Waals surface area contributed by atoms with Crippen molar-refractivity contribution in [1.29, 1.82) is 0 Å². The number of ether oxygens (including phenoxy) is 3. The minimum absolute atomic E-state index is 0.234. The summed E-state index contributed by atoms with van der Waals surface area (Å²) in [5.74, 6) is -0.260. The predicted molar refractivity (Wildman–Crippen MR) is 82.9 cm³/mol. The zero-order valence-corrected chi connectivity index (χ0v) is 13.7. The summed E-state index contributed by atoms with van der Waals surface area (Å²) in [4.78, 5) is 23.8. The van der Waals surface area contributed by atoms with Crippen LogP contribution < -0.4 is 10.1 Å². The number of nitrogens with zero attached hydrogens (tertiary/aromatic N) is 2. The number of hydrogen-bond donors (Lipinski definition) is 1. The van der Waals surface area contributed by atoms with Crippen LogP contribution in [0, 0.1) is 0 Å². The van der Waals surface area contributed by atoms with Crippen molar-refractivity contribution in [2.45, 2.75) is 26.4 Å². The first-order valence-corrected chi connectivity index (χ1v) is 6.89. The third-order valence-corrected chi connectivity index (χ3v) is 2.88. The number of esters is 1. The first kappa shape index (κ1) is 16.6. The van der Waals surface area contributed by atoms with E-state index in [0.717, 1.165) is 0 Å². The van der Waals surface area contributed by atoms with Crippen LogP contribution in [0.15, 0.2) is 18.5 Å². The molecule has 1 amide bonds. The van der Waals surface area contributed by atoms with Gasteiger partial charge in [-0.05, 0) is 26.8 Å². The summed E-state index contributed by atoms with van der Waals surface area (Å²) in [6.45, 7) is 5.29. The standard InChI is InChI=1S/C15H19N3O5/c1-15(2,3)23-14(20)17-10-6-7-18-11(12(10)21-4)9(8-16-18)13(19)22-5/h6-8H,1-5H3,(H,17,20). The van der Waals surface area contributed by atoms with Gasteiger partial charge >= 0.3 is 12.1 Å². The largest absolute Gasteiger partial charge is 0.492 e. The fourth-order valence-corrected chi connectivity index (χ4v) is 2.03. The lowest BCUT2D eigenvalue weighted by Crippen LogP contribution is -2.27. The van der Waals surface area contributed by atoms with Crippen LogP contribution in [0.4, 0.5) is 10.5 Å². The van der Waals surface area contributed by atoms with Crippen LogP contribution in [0.25, 0.3) is 5.52 Å². The van der Waals surface area contributed by atoms with Gasteiger partial charge in [0, 0.05) is 6.20 Å². The Morgan fingerprint density at radius 1 is 1.26 bits per heavy atom. The maximum atomic E-state index is 11.9. The highest BCUT2D eigenvalue weighted by Gasteiger charge is 2.22. The Morgan fingerprint density at radius 3 is 2.52 bits per heavy atom. The lowest BCUT2D eigenvalue weighted by Gasteiger charge is -2.20. The van der Waals surface area contributed by atoms with Gasteiger partial charge < -0.3 is 14.2 Å². The molecule has 0 unspecified atom stereocenters. The van der Waals surface area contributed by atoms with Crippen molar-refractivity contribution < 1.29 is 23.8 Å². The average Bonchev–Trinajstić information content (AvgIpc) is 2.88. The number of aromatic nitrogens is 2. The summed E-state index contributed by atoms with van der Waals surface area (Å²) in [7, 11) is 2.71. The fourth-order valence-electron chi connectivity index (χ4n) is 2.03. The van der Waals surface area contributed by atoms with Gasteiger partial charge in [-0.15, -0.1) is 0 Å². The maximum absolute atomic E-state index is 11.9. The van der Waals surface area contributed by atoms with Gasteiger partial charge in [-0.1, -0.05) is 0 Å². The molecular weight excluding hydrogens is 302 g/mol. The van der Waals surface area contributed by atoms with E-state index in [2.05, 4.69) is 10.4 Å². The Labute approximate surface area is 133 Å². The Balaban J connectivity index is 2.45. The molecule has 0 aliphatic rings. The van der Waals surface area contributed by atoms with Gasteiger partial charge in [0.2, 0.25) is 0 Å². The molecule has 23 heavy (non-hydrogen) atoms. The van der Waals surface area contributed by atoms with Gasteiger partial charge in [-0.2, -0.15) is 5.10 Å². The molecule has 0 aliphatic heterocycles. The number of rotatable bonds is 3. The van der Waals surface area contributed by atoms with E-state index < -0.39 is 17.7 Å². The molecule has 124 valence electrons. The molecule has 2 rings (SSSR count). The van der Waals surface area contributed by atoms with Crippen molar-refractivity contribution in [3.05, 3.63) is 24.0 Å². The number of carbonyl (C=O) groups is 2. The molecule has 2 aromatic rings. The second-order valence-electron chi connectivity index (χ2n) is 5.73. The number of carbonyl (C=O) groups excluding carboxylic acids is 2. The van der Waals surface area contributed by atoms with E-state index in [0.29, 0.717) is 11.2 Å². The Bertz CT molecular complexity index is 745. The van der Waals surface area contributed by atoms with Gasteiger partial charge in [-0.3, -0.25) is 5.32 Å². The van der Waals surface area contributed by atoms with Crippen LogP contribution in [0.1, 0.15) is 31.1 Å². The third kappa shape index (κ3) is 3.53. The van der Waals surface area contributed by atoms with Crippen LogP contribution in [0.5, 0.6) is 5.75 Å². The zero-order valence-electron chi connectivity index (χ0n) is 13.7. The number of hydrogen-bond acceptors (Lipinski definition) is 6. The van der Waals surface area contributed by atoms with E-state index in [1.807, 2.05) is 0 Å². The van der Waals surface area contributed by atoms with E-state index in [1.165, 1.54) is 24.9 Å². The average molecular weight is 321 g/mol. The molecule has 2 heterocycles. The van der Waals surface area contributed by atoms with Gasteiger partial charge in [0.25, 0.3) is 0 Å². The molecule has 0 saturated heterocycles. The van der Waals surface area contributed by atoms with E-state index >= 15 is 0 Å². The normalized spacial score (nSPS) is 11.2. The SMILES string of the molecule is COC(=O)c1cnn2ccc(NC(=O)OC(C)(C)C)c(OC)c12. The molecule has 0 saturated carbocycles. The second-order valence-corrected chi connectivity index (χ2v) is 5.73. The van der Waals surface area contributed by atoms with Crippen LogP contribution in [0.2, 0.25) is 0 Å². The summed E-state index contributed by atoms with van der Waals surface area (Å²) in [5, 5.41) is 6.67. The molecule has 0 aromatic carbocycles. The number of anilines is 1.